The maximum absolute atomic E-state index is 13.4. The summed E-state index contributed by atoms with van der Waals surface area (Å²) in [5.74, 6) is 2.53. The topological polar surface area (TPSA) is 60.2 Å². The lowest BCUT2D eigenvalue weighted by Crippen LogP contribution is -2.05. The van der Waals surface area contributed by atoms with Crippen molar-refractivity contribution in [3.05, 3.63) is 35.7 Å². The summed E-state index contributed by atoms with van der Waals surface area (Å²) in [4.78, 5) is 4.34. The van der Waals surface area contributed by atoms with Crippen LogP contribution in [0.5, 0.6) is 5.75 Å². The number of nitrogens with zero attached hydrogens (tertiary/aromatic N) is 2. The van der Waals surface area contributed by atoms with Crippen molar-refractivity contribution in [2.45, 2.75) is 39.7 Å². The van der Waals surface area contributed by atoms with Gasteiger partial charge < -0.3 is 14.6 Å². The lowest BCUT2D eigenvalue weighted by atomic mass is 10.1. The van der Waals surface area contributed by atoms with E-state index in [0.29, 0.717) is 42.5 Å². The third-order valence-electron chi connectivity index (χ3n) is 3.65. The number of ether oxygens (including phenoxy) is 1. The van der Waals surface area contributed by atoms with Crippen molar-refractivity contribution in [1.82, 2.24) is 10.1 Å². The highest BCUT2D eigenvalue weighted by atomic mass is 19.1. The minimum absolute atomic E-state index is 0.307. The molecule has 0 bridgehead atoms. The Bertz CT molecular complexity index is 653. The molecule has 23 heavy (non-hydrogen) atoms. The monoisotopic (exact) mass is 319 g/mol. The molecule has 5 nitrogen and oxygen atoms in total. The van der Waals surface area contributed by atoms with Crippen LogP contribution in [0.1, 0.15) is 38.4 Å². The second-order valence-electron chi connectivity index (χ2n) is 6.45. The Morgan fingerprint density at radius 1 is 1.39 bits per heavy atom. The van der Waals surface area contributed by atoms with E-state index in [1.165, 1.54) is 25.0 Å². The highest BCUT2D eigenvalue weighted by Crippen LogP contribution is 2.32. The summed E-state index contributed by atoms with van der Waals surface area (Å²) in [5.41, 5.74) is 0.732. The van der Waals surface area contributed by atoms with Crippen molar-refractivity contribution in [1.29, 1.82) is 0 Å². The van der Waals surface area contributed by atoms with Crippen molar-refractivity contribution in [2.75, 3.05) is 11.9 Å². The first-order chi connectivity index (χ1) is 11.1. The zero-order valence-corrected chi connectivity index (χ0v) is 13.5. The number of aromatic nitrogens is 2. The molecule has 1 N–H and O–H groups in total. The lowest BCUT2D eigenvalue weighted by Gasteiger charge is -2.12. The number of anilines is 1. The molecule has 3 rings (SSSR count). The molecular weight excluding hydrogens is 297 g/mol. The van der Waals surface area contributed by atoms with Gasteiger partial charge in [-0.05, 0) is 36.8 Å². The van der Waals surface area contributed by atoms with Gasteiger partial charge >= 0.3 is 0 Å². The Morgan fingerprint density at radius 2 is 2.22 bits per heavy atom. The molecule has 1 heterocycles. The first-order valence-electron chi connectivity index (χ1n) is 8.08. The average Bonchev–Trinajstić information content (AvgIpc) is 3.23. The summed E-state index contributed by atoms with van der Waals surface area (Å²) >= 11 is 0. The van der Waals surface area contributed by atoms with Gasteiger partial charge in [0.25, 0.3) is 0 Å². The van der Waals surface area contributed by atoms with Crippen molar-refractivity contribution < 1.29 is 13.7 Å². The molecule has 0 spiro atoms. The second-order valence-corrected chi connectivity index (χ2v) is 6.45. The minimum Gasteiger partial charge on any atom is -0.491 e. The highest BCUT2D eigenvalue weighted by Gasteiger charge is 2.22. The maximum Gasteiger partial charge on any atom is 0.245 e. The molecule has 0 amide bonds. The van der Waals surface area contributed by atoms with Crippen molar-refractivity contribution in [3.8, 4) is 5.75 Å². The van der Waals surface area contributed by atoms with Crippen LogP contribution in [0, 0.1) is 17.7 Å². The molecule has 6 heteroatoms. The number of nitrogens with one attached hydrogen (secondary N) is 1. The molecule has 1 saturated carbocycles. The van der Waals surface area contributed by atoms with Gasteiger partial charge in [0.2, 0.25) is 5.89 Å². The van der Waals surface area contributed by atoms with Gasteiger partial charge in [0.1, 0.15) is 11.6 Å². The molecule has 0 aliphatic heterocycles. The molecule has 2 aromatic rings. The molecule has 0 saturated heterocycles. The summed E-state index contributed by atoms with van der Waals surface area (Å²) in [6.07, 6.45) is 3.17. The van der Waals surface area contributed by atoms with Gasteiger partial charge in [0.05, 0.1) is 18.8 Å². The quantitative estimate of drug-likeness (QED) is 0.802. The van der Waals surface area contributed by atoms with E-state index in [0.717, 1.165) is 12.1 Å². The van der Waals surface area contributed by atoms with Crippen LogP contribution < -0.4 is 10.1 Å². The molecule has 1 aliphatic rings. The van der Waals surface area contributed by atoms with Crippen LogP contribution in [0.2, 0.25) is 0 Å². The number of rotatable bonds is 8. The van der Waals surface area contributed by atoms with Gasteiger partial charge in [-0.3, -0.25) is 0 Å². The SMILES string of the molecule is CC(C)Cc1noc(CNc2ccc(F)cc2OCC2CC2)n1. The smallest absolute Gasteiger partial charge is 0.245 e. The van der Waals surface area contributed by atoms with Crippen LogP contribution in [0.3, 0.4) is 0 Å². The van der Waals surface area contributed by atoms with Gasteiger partial charge in [0.15, 0.2) is 5.82 Å². The van der Waals surface area contributed by atoms with Gasteiger partial charge in [-0.1, -0.05) is 19.0 Å². The van der Waals surface area contributed by atoms with Crippen LogP contribution >= 0.6 is 0 Å². The van der Waals surface area contributed by atoms with Crippen LogP contribution in [-0.2, 0) is 13.0 Å². The minimum atomic E-state index is -0.307. The predicted molar refractivity (Wildman–Crippen MR) is 84.8 cm³/mol. The Morgan fingerprint density at radius 3 is 2.96 bits per heavy atom. The van der Waals surface area contributed by atoms with E-state index in [4.69, 9.17) is 9.26 Å². The molecule has 124 valence electrons. The average molecular weight is 319 g/mol. The molecule has 0 radical (unpaired) electrons. The molecular formula is C17H22FN3O2. The standard InChI is InChI=1S/C17H22FN3O2/c1-11(2)7-16-20-17(23-21-16)9-19-14-6-5-13(18)8-15(14)22-10-12-3-4-12/h5-6,8,11-12,19H,3-4,7,9-10H2,1-2H3. The summed E-state index contributed by atoms with van der Waals surface area (Å²) in [6, 6.07) is 4.48. The summed E-state index contributed by atoms with van der Waals surface area (Å²) < 4.78 is 24.4. The summed E-state index contributed by atoms with van der Waals surface area (Å²) in [6.45, 7) is 5.24. The highest BCUT2D eigenvalue weighted by molar-refractivity contribution is 5.56. The Balaban J connectivity index is 1.61. The number of hydrogen-bond donors (Lipinski definition) is 1. The molecule has 1 fully saturated rings. The van der Waals surface area contributed by atoms with E-state index in [1.807, 2.05) is 0 Å². The first kappa shape index (κ1) is 15.8. The van der Waals surface area contributed by atoms with Crippen LogP contribution in [-0.4, -0.2) is 16.7 Å². The van der Waals surface area contributed by atoms with E-state index in [2.05, 4.69) is 29.3 Å². The van der Waals surface area contributed by atoms with Gasteiger partial charge in [-0.25, -0.2) is 4.39 Å². The van der Waals surface area contributed by atoms with Crippen molar-refractivity contribution >= 4 is 5.69 Å². The fourth-order valence-electron chi connectivity index (χ4n) is 2.23. The van der Waals surface area contributed by atoms with E-state index >= 15 is 0 Å². The molecule has 0 atom stereocenters. The molecule has 1 aromatic heterocycles. The van der Waals surface area contributed by atoms with E-state index < -0.39 is 0 Å². The van der Waals surface area contributed by atoms with Crippen LogP contribution in [0.25, 0.3) is 0 Å². The molecule has 0 unspecified atom stereocenters. The third kappa shape index (κ3) is 4.68. The Labute approximate surface area is 135 Å². The fraction of sp³-hybridized carbons (Fsp3) is 0.529. The van der Waals surface area contributed by atoms with Gasteiger partial charge in [-0.15, -0.1) is 0 Å². The number of benzene rings is 1. The fourth-order valence-corrected chi connectivity index (χ4v) is 2.23. The summed E-state index contributed by atoms with van der Waals surface area (Å²) in [5, 5.41) is 7.14. The third-order valence-corrected chi connectivity index (χ3v) is 3.65. The van der Waals surface area contributed by atoms with Crippen LogP contribution in [0.4, 0.5) is 10.1 Å². The Hall–Kier alpha value is -2.11. The van der Waals surface area contributed by atoms with Gasteiger partial charge in [0, 0.05) is 12.5 Å². The largest absolute Gasteiger partial charge is 0.491 e. The van der Waals surface area contributed by atoms with Crippen molar-refractivity contribution in [2.24, 2.45) is 11.8 Å². The predicted octanol–water partition coefficient (Wildman–Crippen LogP) is 3.81. The van der Waals surface area contributed by atoms with Gasteiger partial charge in [-0.2, -0.15) is 4.98 Å². The van der Waals surface area contributed by atoms with Crippen LogP contribution in [0.15, 0.2) is 22.7 Å². The first-order valence-corrected chi connectivity index (χ1v) is 8.08. The molecule has 1 aromatic carbocycles. The lowest BCUT2D eigenvalue weighted by molar-refractivity contribution is 0.299. The number of halogens is 1. The number of hydrogen-bond acceptors (Lipinski definition) is 5. The Kier molecular flexibility index (Phi) is 4.79. The maximum atomic E-state index is 13.4. The van der Waals surface area contributed by atoms with E-state index in [1.54, 1.807) is 6.07 Å². The zero-order chi connectivity index (χ0) is 16.2. The normalized spacial score (nSPS) is 14.3. The summed E-state index contributed by atoms with van der Waals surface area (Å²) in [7, 11) is 0. The van der Waals surface area contributed by atoms with E-state index in [-0.39, 0.29) is 5.82 Å². The second kappa shape index (κ2) is 6.98. The van der Waals surface area contributed by atoms with Crippen molar-refractivity contribution in [3.63, 3.8) is 0 Å². The molecule has 1 aliphatic carbocycles. The van der Waals surface area contributed by atoms with E-state index in [9.17, 15) is 4.39 Å². The zero-order valence-electron chi connectivity index (χ0n) is 13.5.